The summed E-state index contributed by atoms with van der Waals surface area (Å²) in [7, 11) is 0. The van der Waals surface area contributed by atoms with Gasteiger partial charge in [-0.1, -0.05) is 84.9 Å². The van der Waals surface area contributed by atoms with E-state index in [0.29, 0.717) is 23.1 Å². The lowest BCUT2D eigenvalue weighted by molar-refractivity contribution is 0.658. The van der Waals surface area contributed by atoms with Gasteiger partial charge < -0.3 is 13.3 Å². The minimum Gasteiger partial charge on any atom is -0.456 e. The quantitative estimate of drug-likeness (QED) is 0.217. The van der Waals surface area contributed by atoms with Gasteiger partial charge in [0.25, 0.3) is 0 Å². The highest BCUT2D eigenvalue weighted by atomic mass is 16.4. The number of nitrogens with zero attached hydrogens (tertiary/aromatic N) is 3. The molecule has 0 N–H and O–H groups in total. The van der Waals surface area contributed by atoms with E-state index in [9.17, 15) is 0 Å². The zero-order chi connectivity index (χ0) is 28.1. The summed E-state index contributed by atoms with van der Waals surface area (Å²) in [5.74, 6) is 1.71. The standard InChI is InChI=1S/C37H19N3O3/c1-3-9-20(10-4-1)35-38-36(21-11-5-2-6-12-21)40-37(39-35)24-15-16-27-31-30-26(42-34(24)31)18-17-25-29(30)32-28(41-25)19-22-13-7-8-14-23(22)33(32)43-27/h1-19H. The van der Waals surface area contributed by atoms with E-state index in [2.05, 4.69) is 18.2 Å². The van der Waals surface area contributed by atoms with Crippen LogP contribution in [0.4, 0.5) is 0 Å². The Kier molecular flexibility index (Phi) is 4.36. The van der Waals surface area contributed by atoms with Crippen molar-refractivity contribution in [2.75, 3.05) is 0 Å². The summed E-state index contributed by atoms with van der Waals surface area (Å²) in [5.41, 5.74) is 7.09. The Morgan fingerprint density at radius 2 is 0.930 bits per heavy atom. The van der Waals surface area contributed by atoms with E-state index in [1.54, 1.807) is 0 Å². The summed E-state index contributed by atoms with van der Waals surface area (Å²) in [4.78, 5) is 14.8. The van der Waals surface area contributed by atoms with Crippen molar-refractivity contribution in [1.29, 1.82) is 0 Å². The number of rotatable bonds is 3. The SMILES string of the molecule is c1ccc(-c2nc(-c3ccccc3)nc(-c3ccc4oc5c6ccccc6cc6oc7ccc8oc3c4c8c7c65)n2)cc1. The van der Waals surface area contributed by atoms with Crippen molar-refractivity contribution in [3.05, 3.63) is 115 Å². The zero-order valence-corrected chi connectivity index (χ0v) is 22.5. The van der Waals surface area contributed by atoms with Crippen molar-refractivity contribution in [2.24, 2.45) is 0 Å². The Hall–Kier alpha value is -6.01. The summed E-state index contributed by atoms with van der Waals surface area (Å²) < 4.78 is 19.8. The van der Waals surface area contributed by atoms with Crippen molar-refractivity contribution >= 4 is 65.8 Å². The van der Waals surface area contributed by atoms with Crippen molar-refractivity contribution in [1.82, 2.24) is 15.0 Å². The third kappa shape index (κ3) is 3.14. The molecule has 0 bridgehead atoms. The lowest BCUT2D eigenvalue weighted by Gasteiger charge is -2.09. The highest BCUT2D eigenvalue weighted by Gasteiger charge is 2.25. The fourth-order valence-corrected chi connectivity index (χ4v) is 6.38. The highest BCUT2D eigenvalue weighted by Crippen LogP contribution is 2.48. The predicted octanol–water partition coefficient (Wildman–Crippen LogP) is 10.0. The van der Waals surface area contributed by atoms with Crippen molar-refractivity contribution < 1.29 is 13.3 Å². The molecular weight excluding hydrogens is 534 g/mol. The molecular formula is C37H19N3O3. The number of aromatic nitrogens is 3. The smallest absolute Gasteiger partial charge is 0.167 e. The van der Waals surface area contributed by atoms with Crippen LogP contribution in [-0.4, -0.2) is 15.0 Å². The first-order valence-corrected chi connectivity index (χ1v) is 14.1. The molecule has 0 spiro atoms. The lowest BCUT2D eigenvalue weighted by Crippen LogP contribution is -2.00. The van der Waals surface area contributed by atoms with Crippen LogP contribution in [0.1, 0.15) is 0 Å². The van der Waals surface area contributed by atoms with Gasteiger partial charge in [-0.05, 0) is 35.7 Å². The van der Waals surface area contributed by atoms with Gasteiger partial charge in [0.1, 0.15) is 33.5 Å². The maximum absolute atomic E-state index is 6.79. The first kappa shape index (κ1) is 22.7. The molecule has 6 nitrogen and oxygen atoms in total. The molecule has 0 unspecified atom stereocenters. The van der Waals surface area contributed by atoms with Crippen molar-refractivity contribution in [3.8, 4) is 34.2 Å². The minimum atomic E-state index is 0.527. The van der Waals surface area contributed by atoms with E-state index in [-0.39, 0.29) is 0 Å². The van der Waals surface area contributed by atoms with E-state index < -0.39 is 0 Å². The monoisotopic (exact) mass is 553 g/mol. The van der Waals surface area contributed by atoms with Crippen LogP contribution in [0.25, 0.3) is 100.0 Å². The molecule has 4 aromatic heterocycles. The van der Waals surface area contributed by atoms with Crippen LogP contribution >= 0.6 is 0 Å². The Morgan fingerprint density at radius 1 is 0.395 bits per heavy atom. The Labute approximate surface area is 243 Å². The van der Waals surface area contributed by atoms with E-state index in [1.807, 2.05) is 97.1 Å². The highest BCUT2D eigenvalue weighted by molar-refractivity contribution is 6.34. The van der Waals surface area contributed by atoms with Gasteiger partial charge in [-0.15, -0.1) is 0 Å². The number of hydrogen-bond donors (Lipinski definition) is 0. The first-order chi connectivity index (χ1) is 21.3. The van der Waals surface area contributed by atoms with E-state index in [0.717, 1.165) is 76.9 Å². The maximum Gasteiger partial charge on any atom is 0.167 e. The fourth-order valence-electron chi connectivity index (χ4n) is 6.38. The molecule has 6 heteroatoms. The molecule has 0 fully saturated rings. The summed E-state index contributed by atoms with van der Waals surface area (Å²) >= 11 is 0. The summed E-state index contributed by atoms with van der Waals surface area (Å²) in [5, 5.41) is 5.89. The second-order valence-electron chi connectivity index (χ2n) is 10.8. The largest absolute Gasteiger partial charge is 0.456 e. The number of fused-ring (bicyclic) bond motifs is 2. The molecule has 10 rings (SSSR count). The van der Waals surface area contributed by atoms with Crippen LogP contribution in [0.2, 0.25) is 0 Å². The van der Waals surface area contributed by atoms with Gasteiger partial charge in [0, 0.05) is 27.3 Å². The summed E-state index contributed by atoms with van der Waals surface area (Å²) in [6.07, 6.45) is 0. The van der Waals surface area contributed by atoms with Crippen LogP contribution in [0.5, 0.6) is 0 Å². The topological polar surface area (TPSA) is 78.1 Å². The van der Waals surface area contributed by atoms with Gasteiger partial charge in [-0.25, -0.2) is 15.0 Å². The average Bonchev–Trinajstić information content (AvgIpc) is 3.59. The first-order valence-electron chi connectivity index (χ1n) is 14.1. The molecule has 0 aliphatic heterocycles. The summed E-state index contributed by atoms with van der Waals surface area (Å²) in [6.45, 7) is 0. The molecule has 200 valence electrons. The van der Waals surface area contributed by atoms with Crippen LogP contribution in [0.15, 0.2) is 129 Å². The third-order valence-corrected chi connectivity index (χ3v) is 8.30. The van der Waals surface area contributed by atoms with Gasteiger partial charge >= 0.3 is 0 Å². The molecule has 0 atom stereocenters. The molecule has 0 aliphatic carbocycles. The van der Waals surface area contributed by atoms with Crippen LogP contribution in [0, 0.1) is 0 Å². The molecule has 10 aromatic rings. The fraction of sp³-hybridized carbons (Fsp3) is 0. The molecule has 0 amide bonds. The Bertz CT molecular complexity index is 2610. The molecule has 0 saturated carbocycles. The van der Waals surface area contributed by atoms with Gasteiger partial charge in [0.2, 0.25) is 0 Å². The van der Waals surface area contributed by atoms with Crippen LogP contribution < -0.4 is 0 Å². The second-order valence-corrected chi connectivity index (χ2v) is 10.8. The predicted molar refractivity (Wildman–Crippen MR) is 169 cm³/mol. The second kappa shape index (κ2) is 8.27. The third-order valence-electron chi connectivity index (χ3n) is 8.30. The number of hydrogen-bond acceptors (Lipinski definition) is 6. The normalized spacial score (nSPS) is 12.2. The zero-order valence-electron chi connectivity index (χ0n) is 22.5. The number of benzene rings is 6. The van der Waals surface area contributed by atoms with Crippen molar-refractivity contribution in [2.45, 2.75) is 0 Å². The van der Waals surface area contributed by atoms with Gasteiger partial charge in [0.05, 0.1) is 16.3 Å². The Morgan fingerprint density at radius 3 is 1.65 bits per heavy atom. The average molecular weight is 554 g/mol. The molecule has 0 aliphatic rings. The van der Waals surface area contributed by atoms with Gasteiger partial charge in [-0.3, -0.25) is 0 Å². The minimum absolute atomic E-state index is 0.527. The van der Waals surface area contributed by atoms with Gasteiger partial charge in [0.15, 0.2) is 17.5 Å². The lowest BCUT2D eigenvalue weighted by atomic mass is 10.0. The van der Waals surface area contributed by atoms with E-state index in [4.69, 9.17) is 28.2 Å². The Balaban J connectivity index is 1.34. The molecule has 0 radical (unpaired) electrons. The van der Waals surface area contributed by atoms with E-state index in [1.165, 1.54) is 0 Å². The molecule has 43 heavy (non-hydrogen) atoms. The van der Waals surface area contributed by atoms with E-state index >= 15 is 0 Å². The maximum atomic E-state index is 6.79. The van der Waals surface area contributed by atoms with Crippen LogP contribution in [-0.2, 0) is 0 Å². The molecule has 0 saturated heterocycles. The van der Waals surface area contributed by atoms with Crippen LogP contribution in [0.3, 0.4) is 0 Å². The summed E-state index contributed by atoms with van der Waals surface area (Å²) in [6, 6.07) is 38.2. The molecule has 4 heterocycles. The number of furan rings is 2. The molecule has 6 aromatic carbocycles. The van der Waals surface area contributed by atoms with Crippen molar-refractivity contribution in [3.63, 3.8) is 0 Å². The van der Waals surface area contributed by atoms with Gasteiger partial charge in [-0.2, -0.15) is 0 Å².